The van der Waals surface area contributed by atoms with E-state index in [0.717, 1.165) is 0 Å². The van der Waals surface area contributed by atoms with Gasteiger partial charge in [0.25, 0.3) is 0 Å². The number of aliphatic hydroxyl groups is 1. The van der Waals surface area contributed by atoms with Gasteiger partial charge in [0.05, 0.1) is 17.1 Å². The minimum atomic E-state index is -0.704. The molecule has 1 rings (SSSR count). The summed E-state index contributed by atoms with van der Waals surface area (Å²) in [6.07, 6.45) is 1.22. The van der Waals surface area contributed by atoms with E-state index in [1.54, 1.807) is 13.8 Å². The maximum Gasteiger partial charge on any atom is 0.353 e. The Morgan fingerprint density at radius 3 is 2.53 bits per heavy atom. The van der Waals surface area contributed by atoms with Gasteiger partial charge in [-0.25, -0.2) is 9.97 Å². The fraction of sp³-hybridized carbons (Fsp3) is 0.556. The summed E-state index contributed by atoms with van der Waals surface area (Å²) in [6, 6.07) is 0. The molecule has 3 N–H and O–H groups in total. The summed E-state index contributed by atoms with van der Waals surface area (Å²) in [5.74, 6) is 0.203. The third-order valence-electron chi connectivity index (χ3n) is 2.09. The Hall–Kier alpha value is -1.96. The van der Waals surface area contributed by atoms with Crippen LogP contribution < -0.4 is 10.6 Å². The van der Waals surface area contributed by atoms with Crippen LogP contribution in [0.2, 0.25) is 0 Å². The van der Waals surface area contributed by atoms with Gasteiger partial charge in [-0.3, -0.25) is 10.1 Å². The molecular formula is C9H15N5O3. The molecule has 0 fully saturated rings. The number of hydrogen-bond donors (Lipinski definition) is 3. The second kappa shape index (κ2) is 4.91. The van der Waals surface area contributed by atoms with Gasteiger partial charge in [0.15, 0.2) is 0 Å². The van der Waals surface area contributed by atoms with E-state index < -0.39 is 10.5 Å². The van der Waals surface area contributed by atoms with Crippen molar-refractivity contribution < 1.29 is 10.0 Å². The molecule has 1 aromatic rings. The van der Waals surface area contributed by atoms with Crippen LogP contribution in [0.25, 0.3) is 0 Å². The number of rotatable bonds is 5. The lowest BCUT2D eigenvalue weighted by molar-refractivity contribution is -0.383. The van der Waals surface area contributed by atoms with Crippen LogP contribution in [0.3, 0.4) is 0 Å². The topological polar surface area (TPSA) is 113 Å². The molecular weight excluding hydrogens is 226 g/mol. The van der Waals surface area contributed by atoms with Crippen LogP contribution in [0.4, 0.5) is 17.3 Å². The van der Waals surface area contributed by atoms with Crippen LogP contribution in [-0.2, 0) is 0 Å². The van der Waals surface area contributed by atoms with E-state index in [9.17, 15) is 10.1 Å². The van der Waals surface area contributed by atoms with Crippen molar-refractivity contribution in [3.05, 3.63) is 16.4 Å². The Balaban J connectivity index is 3.19. The van der Waals surface area contributed by atoms with E-state index in [1.807, 2.05) is 0 Å². The largest absolute Gasteiger partial charge is 0.394 e. The van der Waals surface area contributed by atoms with Gasteiger partial charge in [-0.15, -0.1) is 0 Å². The number of anilines is 2. The number of nitrogens with one attached hydrogen (secondary N) is 2. The quantitative estimate of drug-likeness (QED) is 0.511. The second-order valence-corrected chi connectivity index (χ2v) is 4.09. The standard InChI is InChI=1S/C9H15N5O3/c1-9(2,4-15)13-8-6(14(16)17)7(10-3)11-5-12-8/h5,15H,4H2,1-3H3,(H2,10,11,12,13). The molecule has 0 amide bonds. The molecule has 0 saturated heterocycles. The molecule has 0 aromatic carbocycles. The minimum absolute atomic E-state index is 0.0772. The van der Waals surface area contributed by atoms with Gasteiger partial charge in [-0.1, -0.05) is 0 Å². The molecule has 8 nitrogen and oxygen atoms in total. The summed E-state index contributed by atoms with van der Waals surface area (Å²) in [5, 5.41) is 25.5. The lowest BCUT2D eigenvalue weighted by Crippen LogP contribution is -2.35. The number of aliphatic hydroxyl groups excluding tert-OH is 1. The fourth-order valence-corrected chi connectivity index (χ4v) is 1.19. The normalized spacial score (nSPS) is 11.1. The predicted molar refractivity (Wildman–Crippen MR) is 63.0 cm³/mol. The first-order chi connectivity index (χ1) is 7.91. The van der Waals surface area contributed by atoms with Gasteiger partial charge in [0, 0.05) is 7.05 Å². The van der Waals surface area contributed by atoms with Crippen molar-refractivity contribution in [1.29, 1.82) is 0 Å². The maximum absolute atomic E-state index is 11.0. The highest BCUT2D eigenvalue weighted by molar-refractivity contribution is 5.69. The Bertz CT molecular complexity index is 421. The first kappa shape index (κ1) is 13.1. The molecule has 0 aliphatic carbocycles. The van der Waals surface area contributed by atoms with Crippen molar-refractivity contribution in [2.45, 2.75) is 19.4 Å². The molecule has 8 heteroatoms. The molecule has 94 valence electrons. The molecule has 1 aromatic heterocycles. The zero-order chi connectivity index (χ0) is 13.1. The molecule has 0 aliphatic rings. The van der Waals surface area contributed by atoms with Gasteiger partial charge in [0.2, 0.25) is 11.6 Å². The Kier molecular flexibility index (Phi) is 3.79. The second-order valence-electron chi connectivity index (χ2n) is 4.09. The predicted octanol–water partition coefficient (Wildman–Crippen LogP) is 0.609. The highest BCUT2D eigenvalue weighted by Gasteiger charge is 2.26. The average Bonchev–Trinajstić information content (AvgIpc) is 2.27. The first-order valence-electron chi connectivity index (χ1n) is 4.97. The molecule has 0 unspecified atom stereocenters. The van der Waals surface area contributed by atoms with Crippen molar-refractivity contribution >= 4 is 17.3 Å². The van der Waals surface area contributed by atoms with Gasteiger partial charge in [-0.05, 0) is 13.8 Å². The van der Waals surface area contributed by atoms with Crippen molar-refractivity contribution in [3.8, 4) is 0 Å². The molecule has 17 heavy (non-hydrogen) atoms. The molecule has 0 saturated carbocycles. The first-order valence-corrected chi connectivity index (χ1v) is 4.97. The van der Waals surface area contributed by atoms with E-state index in [2.05, 4.69) is 20.6 Å². The summed E-state index contributed by atoms with van der Waals surface area (Å²) in [6.45, 7) is 3.23. The van der Waals surface area contributed by atoms with Crippen molar-refractivity contribution in [2.75, 3.05) is 24.3 Å². The molecule has 0 bridgehead atoms. The Morgan fingerprint density at radius 2 is 2.06 bits per heavy atom. The molecule has 0 atom stereocenters. The monoisotopic (exact) mass is 241 g/mol. The highest BCUT2D eigenvalue weighted by Crippen LogP contribution is 2.30. The lowest BCUT2D eigenvalue weighted by atomic mass is 10.1. The van der Waals surface area contributed by atoms with E-state index in [4.69, 9.17) is 5.11 Å². The van der Waals surface area contributed by atoms with E-state index in [0.29, 0.717) is 0 Å². The Morgan fingerprint density at radius 1 is 1.47 bits per heavy atom. The molecule has 1 heterocycles. The van der Waals surface area contributed by atoms with Gasteiger partial charge >= 0.3 is 5.69 Å². The maximum atomic E-state index is 11.0. The van der Waals surface area contributed by atoms with Crippen LogP contribution in [0.5, 0.6) is 0 Å². The van der Waals surface area contributed by atoms with Crippen molar-refractivity contribution in [1.82, 2.24) is 9.97 Å². The number of hydrogen-bond acceptors (Lipinski definition) is 7. The third kappa shape index (κ3) is 3.00. The molecule has 0 spiro atoms. The van der Waals surface area contributed by atoms with Crippen LogP contribution >= 0.6 is 0 Å². The molecule has 0 radical (unpaired) electrons. The SMILES string of the molecule is CNc1ncnc(NC(C)(C)CO)c1[N+](=O)[O-]. The zero-order valence-corrected chi connectivity index (χ0v) is 9.89. The highest BCUT2D eigenvalue weighted by atomic mass is 16.6. The number of nitro groups is 1. The van der Waals surface area contributed by atoms with E-state index >= 15 is 0 Å². The van der Waals surface area contributed by atoms with Crippen LogP contribution in [0, 0.1) is 10.1 Å². The lowest BCUT2D eigenvalue weighted by Gasteiger charge is -2.23. The van der Waals surface area contributed by atoms with Crippen molar-refractivity contribution in [3.63, 3.8) is 0 Å². The van der Waals surface area contributed by atoms with Crippen molar-refractivity contribution in [2.24, 2.45) is 0 Å². The summed E-state index contributed by atoms with van der Waals surface area (Å²) >= 11 is 0. The average molecular weight is 241 g/mol. The summed E-state index contributed by atoms with van der Waals surface area (Å²) in [4.78, 5) is 18.0. The van der Waals surface area contributed by atoms with E-state index in [1.165, 1.54) is 13.4 Å². The number of nitrogens with zero attached hydrogens (tertiary/aromatic N) is 3. The smallest absolute Gasteiger partial charge is 0.353 e. The van der Waals surface area contributed by atoms with Crippen LogP contribution in [-0.4, -0.2) is 39.2 Å². The van der Waals surface area contributed by atoms with Gasteiger partial charge in [0.1, 0.15) is 6.33 Å². The third-order valence-corrected chi connectivity index (χ3v) is 2.09. The van der Waals surface area contributed by atoms with Gasteiger partial charge in [-0.2, -0.15) is 0 Å². The van der Waals surface area contributed by atoms with E-state index in [-0.39, 0.29) is 23.9 Å². The van der Waals surface area contributed by atoms with Gasteiger partial charge < -0.3 is 15.7 Å². The van der Waals surface area contributed by atoms with Crippen LogP contribution in [0.15, 0.2) is 6.33 Å². The molecule has 0 aliphatic heterocycles. The zero-order valence-electron chi connectivity index (χ0n) is 9.89. The summed E-state index contributed by atoms with van der Waals surface area (Å²) in [7, 11) is 1.54. The Labute approximate surface area is 98.2 Å². The van der Waals surface area contributed by atoms with Crippen LogP contribution in [0.1, 0.15) is 13.8 Å². The fourth-order valence-electron chi connectivity index (χ4n) is 1.19. The number of aromatic nitrogens is 2. The minimum Gasteiger partial charge on any atom is -0.394 e. The summed E-state index contributed by atoms with van der Waals surface area (Å²) in [5.41, 5.74) is -0.944. The summed E-state index contributed by atoms with van der Waals surface area (Å²) < 4.78 is 0.